The van der Waals surface area contributed by atoms with Crippen LogP contribution in [0.15, 0.2) is 16.9 Å². The number of halogens is 1. The standard InChI is InChI=1S/C28H36ClN3O4/c1-16-11-18(3)30-27(33)23(16)13-32-10-7-21-17(2)12-22(25(29)24(21)28(32)34)26(35-4)19-5-8-31(9-6-19)20-14-36-15-20/h11-12,19-20,26H,5-10,13-15H2,1-4H3,(H,30,33). The number of H-pyrrole nitrogens is 1. The fourth-order valence-corrected chi connectivity index (χ4v) is 6.49. The SMILES string of the molecule is COC(c1cc(C)c2c(c1Cl)C(=O)N(Cc1c(C)cc(C)[nH]c1=O)CC2)C1CCN(C2COC2)CC1. The molecule has 1 aromatic heterocycles. The lowest BCUT2D eigenvalue weighted by Gasteiger charge is -2.43. The Morgan fingerprint density at radius 3 is 2.44 bits per heavy atom. The van der Waals surface area contributed by atoms with Crippen molar-refractivity contribution in [1.29, 1.82) is 0 Å². The van der Waals surface area contributed by atoms with Gasteiger partial charge in [-0.15, -0.1) is 0 Å². The fraction of sp³-hybridized carbons (Fsp3) is 0.571. The van der Waals surface area contributed by atoms with Crippen LogP contribution in [-0.2, 0) is 22.4 Å². The first-order valence-corrected chi connectivity index (χ1v) is 13.3. The number of rotatable bonds is 6. The number of aromatic amines is 1. The molecule has 3 aliphatic heterocycles. The molecule has 7 nitrogen and oxygen atoms in total. The van der Waals surface area contributed by atoms with E-state index in [9.17, 15) is 9.59 Å². The molecular formula is C28H36ClN3O4. The van der Waals surface area contributed by atoms with Gasteiger partial charge >= 0.3 is 0 Å². The largest absolute Gasteiger partial charge is 0.378 e. The zero-order valence-electron chi connectivity index (χ0n) is 21.7. The van der Waals surface area contributed by atoms with Crippen molar-refractivity contribution in [2.75, 3.05) is 40.0 Å². The second-order valence-electron chi connectivity index (χ2n) is 10.6. The number of fused-ring (bicyclic) bond motifs is 1. The summed E-state index contributed by atoms with van der Waals surface area (Å²) in [5.41, 5.74) is 5.76. The van der Waals surface area contributed by atoms with Crippen molar-refractivity contribution in [2.45, 2.75) is 58.7 Å². The molecule has 1 N–H and O–H groups in total. The third-order valence-corrected chi connectivity index (χ3v) is 8.71. The first-order chi connectivity index (χ1) is 17.3. The quantitative estimate of drug-likeness (QED) is 0.633. The summed E-state index contributed by atoms with van der Waals surface area (Å²) in [7, 11) is 1.74. The predicted molar refractivity (Wildman–Crippen MR) is 140 cm³/mol. The van der Waals surface area contributed by atoms with Gasteiger partial charge in [-0.25, -0.2) is 0 Å². The maximum atomic E-state index is 13.8. The van der Waals surface area contributed by atoms with E-state index in [1.165, 1.54) is 0 Å². The summed E-state index contributed by atoms with van der Waals surface area (Å²) in [5, 5.41) is 0.501. The number of benzene rings is 1. The molecule has 194 valence electrons. The molecule has 0 spiro atoms. The van der Waals surface area contributed by atoms with Gasteiger partial charge in [0, 0.05) is 30.5 Å². The average Bonchev–Trinajstić information content (AvgIpc) is 2.80. The average molecular weight is 514 g/mol. The maximum absolute atomic E-state index is 13.8. The van der Waals surface area contributed by atoms with Gasteiger partial charge in [-0.05, 0) is 81.8 Å². The molecule has 36 heavy (non-hydrogen) atoms. The Kier molecular flexibility index (Phi) is 7.27. The van der Waals surface area contributed by atoms with Crippen LogP contribution in [0.5, 0.6) is 0 Å². The van der Waals surface area contributed by atoms with Crippen molar-refractivity contribution in [3.8, 4) is 0 Å². The van der Waals surface area contributed by atoms with Crippen LogP contribution in [0, 0.1) is 26.7 Å². The molecule has 2 saturated heterocycles. The Balaban J connectivity index is 1.41. The number of carbonyl (C=O) groups is 1. The molecule has 0 aliphatic carbocycles. The molecule has 8 heteroatoms. The van der Waals surface area contributed by atoms with Crippen molar-refractivity contribution in [1.82, 2.24) is 14.8 Å². The van der Waals surface area contributed by atoms with E-state index in [-0.39, 0.29) is 24.1 Å². The minimum absolute atomic E-state index is 0.111. The van der Waals surface area contributed by atoms with Gasteiger partial charge in [0.05, 0.1) is 42.5 Å². The number of piperidine rings is 1. The van der Waals surface area contributed by atoms with E-state index >= 15 is 0 Å². The number of hydrogen-bond donors (Lipinski definition) is 1. The molecule has 2 aromatic rings. The van der Waals surface area contributed by atoms with E-state index in [0.717, 1.165) is 73.5 Å². The lowest BCUT2D eigenvalue weighted by atomic mass is 9.83. The van der Waals surface area contributed by atoms with Crippen molar-refractivity contribution in [3.05, 3.63) is 66.6 Å². The Morgan fingerprint density at radius 2 is 1.83 bits per heavy atom. The number of ether oxygens (including phenoxy) is 2. The third-order valence-electron chi connectivity index (χ3n) is 8.30. The molecular weight excluding hydrogens is 478 g/mol. The summed E-state index contributed by atoms with van der Waals surface area (Å²) in [6, 6.07) is 4.62. The molecule has 2 fully saturated rings. The highest BCUT2D eigenvalue weighted by Gasteiger charge is 2.36. The number of amides is 1. The molecule has 5 rings (SSSR count). The molecule has 0 radical (unpaired) electrons. The van der Waals surface area contributed by atoms with Crippen LogP contribution in [0.1, 0.15) is 62.8 Å². The normalized spacial score (nSPS) is 20.4. The van der Waals surface area contributed by atoms with E-state index in [1.807, 2.05) is 19.9 Å². The monoisotopic (exact) mass is 513 g/mol. The zero-order valence-corrected chi connectivity index (χ0v) is 22.4. The number of aromatic nitrogens is 1. The zero-order chi connectivity index (χ0) is 25.6. The van der Waals surface area contributed by atoms with Crippen LogP contribution >= 0.6 is 11.6 Å². The number of methoxy groups -OCH3 is 1. The summed E-state index contributed by atoms with van der Waals surface area (Å²) < 4.78 is 11.4. The Morgan fingerprint density at radius 1 is 1.11 bits per heavy atom. The van der Waals surface area contributed by atoms with E-state index in [4.69, 9.17) is 21.1 Å². The Labute approximate surface area is 217 Å². The number of nitrogens with zero attached hydrogens (tertiary/aromatic N) is 2. The molecule has 3 aliphatic rings. The molecule has 4 heterocycles. The summed E-state index contributed by atoms with van der Waals surface area (Å²) in [5.74, 6) is 0.228. The van der Waals surface area contributed by atoms with Gasteiger partial charge in [-0.1, -0.05) is 17.7 Å². The van der Waals surface area contributed by atoms with Crippen molar-refractivity contribution >= 4 is 17.5 Å². The topological polar surface area (TPSA) is 74.9 Å². The molecule has 0 bridgehead atoms. The van der Waals surface area contributed by atoms with Crippen LogP contribution in [0.2, 0.25) is 5.02 Å². The van der Waals surface area contributed by atoms with Crippen LogP contribution < -0.4 is 5.56 Å². The number of likely N-dealkylation sites (tertiary alicyclic amines) is 1. The molecule has 1 amide bonds. The second-order valence-corrected chi connectivity index (χ2v) is 11.0. The number of pyridine rings is 1. The molecule has 1 aromatic carbocycles. The highest BCUT2D eigenvalue weighted by atomic mass is 35.5. The van der Waals surface area contributed by atoms with Gasteiger partial charge in [-0.2, -0.15) is 0 Å². The highest BCUT2D eigenvalue weighted by Crippen LogP contribution is 2.41. The van der Waals surface area contributed by atoms with Gasteiger partial charge in [-0.3, -0.25) is 14.5 Å². The van der Waals surface area contributed by atoms with Gasteiger partial charge in [0.15, 0.2) is 0 Å². The molecule has 1 atom stereocenters. The molecule has 0 saturated carbocycles. The van der Waals surface area contributed by atoms with Crippen LogP contribution in [0.25, 0.3) is 0 Å². The minimum Gasteiger partial charge on any atom is -0.378 e. The number of carbonyl (C=O) groups excluding carboxylic acids is 1. The van der Waals surface area contributed by atoms with E-state index in [2.05, 4.69) is 22.9 Å². The first-order valence-electron chi connectivity index (χ1n) is 12.9. The highest BCUT2D eigenvalue weighted by molar-refractivity contribution is 6.35. The van der Waals surface area contributed by atoms with E-state index < -0.39 is 0 Å². The first kappa shape index (κ1) is 25.5. The van der Waals surface area contributed by atoms with Crippen LogP contribution in [0.3, 0.4) is 0 Å². The van der Waals surface area contributed by atoms with Gasteiger partial charge < -0.3 is 19.4 Å². The van der Waals surface area contributed by atoms with Crippen molar-refractivity contribution in [3.63, 3.8) is 0 Å². The van der Waals surface area contributed by atoms with Crippen molar-refractivity contribution < 1.29 is 14.3 Å². The lowest BCUT2D eigenvalue weighted by Crippen LogP contribution is -2.52. The minimum atomic E-state index is -0.161. The predicted octanol–water partition coefficient (Wildman–Crippen LogP) is 3.95. The summed E-state index contributed by atoms with van der Waals surface area (Å²) >= 11 is 7.03. The number of hydrogen-bond acceptors (Lipinski definition) is 5. The second kappa shape index (κ2) is 10.3. The lowest BCUT2D eigenvalue weighted by molar-refractivity contribution is -0.0816. The summed E-state index contributed by atoms with van der Waals surface area (Å²) in [6.07, 6.45) is 2.61. The van der Waals surface area contributed by atoms with Gasteiger partial charge in [0.2, 0.25) is 0 Å². The van der Waals surface area contributed by atoms with E-state index in [0.29, 0.717) is 34.7 Å². The summed E-state index contributed by atoms with van der Waals surface area (Å²) in [4.78, 5) is 33.5. The van der Waals surface area contributed by atoms with Gasteiger partial charge in [0.1, 0.15) is 0 Å². The summed E-state index contributed by atoms with van der Waals surface area (Å²) in [6.45, 7) is 10.4. The molecule has 1 unspecified atom stereocenters. The number of nitrogens with one attached hydrogen (secondary N) is 1. The smallest absolute Gasteiger partial charge is 0.255 e. The van der Waals surface area contributed by atoms with Crippen LogP contribution in [0.4, 0.5) is 0 Å². The number of aryl methyl sites for hydroxylation is 3. The van der Waals surface area contributed by atoms with Crippen molar-refractivity contribution in [2.24, 2.45) is 5.92 Å². The van der Waals surface area contributed by atoms with Crippen LogP contribution in [-0.4, -0.2) is 66.7 Å². The Bertz CT molecular complexity index is 1210. The third kappa shape index (κ3) is 4.62. The van der Waals surface area contributed by atoms with Gasteiger partial charge in [0.25, 0.3) is 11.5 Å². The Hall–Kier alpha value is -2.19. The maximum Gasteiger partial charge on any atom is 0.255 e. The fourth-order valence-electron chi connectivity index (χ4n) is 6.13. The van der Waals surface area contributed by atoms with E-state index in [1.54, 1.807) is 12.0 Å².